The molecule has 3 aromatic rings. The zero-order valence-corrected chi connectivity index (χ0v) is 15.4. The van der Waals surface area contributed by atoms with E-state index in [1.165, 1.54) is 12.3 Å². The van der Waals surface area contributed by atoms with Gasteiger partial charge in [-0.15, -0.1) is 0 Å². The minimum absolute atomic E-state index is 0.213. The van der Waals surface area contributed by atoms with E-state index in [-0.39, 0.29) is 6.61 Å². The molecule has 0 spiro atoms. The first-order chi connectivity index (χ1) is 12.5. The zero-order chi connectivity index (χ0) is 18.5. The maximum atomic E-state index is 11.8. The molecule has 7 heteroatoms. The summed E-state index contributed by atoms with van der Waals surface area (Å²) in [5.41, 5.74) is 4.05. The first-order valence-corrected chi connectivity index (χ1v) is 8.56. The van der Waals surface area contributed by atoms with Crippen LogP contribution in [-0.2, 0) is 4.79 Å². The number of nitrogens with zero attached hydrogens (tertiary/aromatic N) is 1. The van der Waals surface area contributed by atoms with Gasteiger partial charge in [0.15, 0.2) is 6.61 Å². The number of halogens is 1. The fourth-order valence-electron chi connectivity index (χ4n) is 2.33. The fraction of sp³-hybridized carbons (Fsp3) is 0.105. The normalized spacial score (nSPS) is 11.0. The molecule has 1 amide bonds. The molecular formula is C19H15BrN2O4. The number of hydrazone groups is 1. The quantitative estimate of drug-likeness (QED) is 0.394. The van der Waals surface area contributed by atoms with Crippen molar-refractivity contribution in [2.45, 2.75) is 6.92 Å². The highest BCUT2D eigenvalue weighted by molar-refractivity contribution is 9.10. The number of aryl methyl sites for hydroxylation is 1. The summed E-state index contributed by atoms with van der Waals surface area (Å²) in [6, 6.07) is 14.0. The third-order valence-electron chi connectivity index (χ3n) is 3.59. The van der Waals surface area contributed by atoms with Crippen LogP contribution in [0, 0.1) is 6.92 Å². The van der Waals surface area contributed by atoms with Crippen LogP contribution in [0.4, 0.5) is 0 Å². The summed E-state index contributed by atoms with van der Waals surface area (Å²) in [7, 11) is 0. The third kappa shape index (κ3) is 4.37. The van der Waals surface area contributed by atoms with Gasteiger partial charge in [0.1, 0.15) is 11.3 Å². The Hall–Kier alpha value is -2.93. The van der Waals surface area contributed by atoms with Gasteiger partial charge in [0.25, 0.3) is 5.91 Å². The van der Waals surface area contributed by atoms with E-state index in [9.17, 15) is 9.59 Å². The first-order valence-electron chi connectivity index (χ1n) is 7.77. The van der Waals surface area contributed by atoms with Gasteiger partial charge in [-0.25, -0.2) is 10.2 Å². The Kier molecular flexibility index (Phi) is 5.48. The summed E-state index contributed by atoms with van der Waals surface area (Å²) in [4.78, 5) is 23.3. The second-order valence-electron chi connectivity index (χ2n) is 5.51. The number of fused-ring (bicyclic) bond motifs is 1. The lowest BCUT2D eigenvalue weighted by molar-refractivity contribution is -0.123. The average molecular weight is 415 g/mol. The van der Waals surface area contributed by atoms with E-state index in [0.717, 1.165) is 21.0 Å². The minimum Gasteiger partial charge on any atom is -0.484 e. The Labute approximate surface area is 157 Å². The molecule has 0 unspecified atom stereocenters. The van der Waals surface area contributed by atoms with Gasteiger partial charge < -0.3 is 9.15 Å². The number of ether oxygens (including phenoxy) is 1. The molecule has 0 aliphatic rings. The van der Waals surface area contributed by atoms with E-state index in [4.69, 9.17) is 9.15 Å². The summed E-state index contributed by atoms with van der Waals surface area (Å²) in [5.74, 6) is 0.0234. The molecule has 2 aromatic carbocycles. The van der Waals surface area contributed by atoms with Crippen molar-refractivity contribution in [1.29, 1.82) is 0 Å². The molecule has 0 atom stereocenters. The van der Waals surface area contributed by atoms with Crippen LogP contribution in [0.2, 0.25) is 0 Å². The van der Waals surface area contributed by atoms with Gasteiger partial charge in [0.05, 0.1) is 6.21 Å². The summed E-state index contributed by atoms with van der Waals surface area (Å²) in [6.45, 7) is 1.62. The van der Waals surface area contributed by atoms with Crippen molar-refractivity contribution < 1.29 is 13.9 Å². The first kappa shape index (κ1) is 17.9. The Balaban J connectivity index is 1.60. The molecule has 0 bridgehead atoms. The fourth-order valence-corrected chi connectivity index (χ4v) is 2.72. The molecule has 0 saturated heterocycles. The highest BCUT2D eigenvalue weighted by Crippen LogP contribution is 2.22. The smallest absolute Gasteiger partial charge is 0.336 e. The number of carbonyl (C=O) groups is 1. The molecule has 0 saturated carbocycles. The second-order valence-corrected chi connectivity index (χ2v) is 6.36. The van der Waals surface area contributed by atoms with Gasteiger partial charge >= 0.3 is 5.63 Å². The van der Waals surface area contributed by atoms with Crippen LogP contribution in [0.25, 0.3) is 11.0 Å². The van der Waals surface area contributed by atoms with Gasteiger partial charge in [0.2, 0.25) is 0 Å². The highest BCUT2D eigenvalue weighted by Gasteiger charge is 2.06. The molecule has 1 heterocycles. The van der Waals surface area contributed by atoms with Crippen molar-refractivity contribution in [3.05, 3.63) is 74.6 Å². The Morgan fingerprint density at radius 1 is 1.27 bits per heavy atom. The van der Waals surface area contributed by atoms with Crippen molar-refractivity contribution in [1.82, 2.24) is 5.43 Å². The van der Waals surface area contributed by atoms with Crippen LogP contribution in [-0.4, -0.2) is 18.7 Å². The lowest BCUT2D eigenvalue weighted by atomic mass is 10.1. The van der Waals surface area contributed by atoms with Crippen LogP contribution >= 0.6 is 15.9 Å². The van der Waals surface area contributed by atoms with Crippen LogP contribution < -0.4 is 15.8 Å². The monoisotopic (exact) mass is 414 g/mol. The van der Waals surface area contributed by atoms with Gasteiger partial charge in [-0.3, -0.25) is 4.79 Å². The van der Waals surface area contributed by atoms with E-state index in [0.29, 0.717) is 11.3 Å². The Bertz CT molecular complexity index is 1040. The lowest BCUT2D eigenvalue weighted by Crippen LogP contribution is -2.24. The molecule has 1 N–H and O–H groups in total. The third-order valence-corrected chi connectivity index (χ3v) is 4.31. The zero-order valence-electron chi connectivity index (χ0n) is 13.9. The maximum Gasteiger partial charge on any atom is 0.336 e. The molecule has 1 aromatic heterocycles. The average Bonchev–Trinajstić information content (AvgIpc) is 2.61. The summed E-state index contributed by atoms with van der Waals surface area (Å²) >= 11 is 3.39. The van der Waals surface area contributed by atoms with E-state index in [1.54, 1.807) is 18.2 Å². The molecule has 6 nitrogen and oxygen atoms in total. The lowest BCUT2D eigenvalue weighted by Gasteiger charge is -2.06. The number of amides is 1. The van der Waals surface area contributed by atoms with Crippen LogP contribution in [0.5, 0.6) is 5.75 Å². The van der Waals surface area contributed by atoms with Crippen molar-refractivity contribution in [3.8, 4) is 5.75 Å². The van der Waals surface area contributed by atoms with Gasteiger partial charge in [-0.1, -0.05) is 34.1 Å². The molecule has 0 aliphatic carbocycles. The molecule has 0 aliphatic heterocycles. The van der Waals surface area contributed by atoms with Crippen LogP contribution in [0.15, 0.2) is 67.3 Å². The predicted molar refractivity (Wildman–Crippen MR) is 103 cm³/mol. The largest absolute Gasteiger partial charge is 0.484 e. The maximum absolute atomic E-state index is 11.8. The van der Waals surface area contributed by atoms with Crippen molar-refractivity contribution >= 4 is 39.0 Å². The number of rotatable bonds is 5. The number of carbonyl (C=O) groups excluding carboxylic acids is 1. The molecular weight excluding hydrogens is 400 g/mol. The Morgan fingerprint density at radius 3 is 2.88 bits per heavy atom. The topological polar surface area (TPSA) is 80.9 Å². The van der Waals surface area contributed by atoms with Gasteiger partial charge in [-0.2, -0.15) is 5.10 Å². The minimum atomic E-state index is -0.425. The standard InChI is InChI=1S/C19H15BrN2O4/c1-12-8-19(24)26-17-9-14(6-7-15(12)17)25-11-18(23)22-21-10-13-4-2-3-5-16(13)20/h2-10H,11H2,1H3,(H,22,23)/b21-10+. The summed E-state index contributed by atoms with van der Waals surface area (Å²) < 4.78 is 11.5. The van der Waals surface area contributed by atoms with Gasteiger partial charge in [-0.05, 0) is 30.7 Å². The predicted octanol–water partition coefficient (Wildman–Crippen LogP) is 3.39. The Morgan fingerprint density at radius 2 is 2.08 bits per heavy atom. The van der Waals surface area contributed by atoms with Gasteiger partial charge in [0, 0.05) is 27.6 Å². The number of hydrogen-bond donors (Lipinski definition) is 1. The summed E-state index contributed by atoms with van der Waals surface area (Å²) in [6.07, 6.45) is 1.54. The van der Waals surface area contributed by atoms with E-state index < -0.39 is 11.5 Å². The van der Waals surface area contributed by atoms with E-state index in [2.05, 4.69) is 26.5 Å². The molecule has 132 valence electrons. The summed E-state index contributed by atoms with van der Waals surface area (Å²) in [5, 5.41) is 4.71. The number of benzene rings is 2. The molecule has 26 heavy (non-hydrogen) atoms. The van der Waals surface area contributed by atoms with Crippen molar-refractivity contribution in [2.24, 2.45) is 5.10 Å². The second kappa shape index (κ2) is 7.97. The molecule has 0 radical (unpaired) electrons. The van der Waals surface area contributed by atoms with Crippen LogP contribution in [0.3, 0.4) is 0 Å². The number of nitrogens with one attached hydrogen (secondary N) is 1. The van der Waals surface area contributed by atoms with E-state index >= 15 is 0 Å². The molecule has 0 fully saturated rings. The number of hydrogen-bond acceptors (Lipinski definition) is 5. The van der Waals surface area contributed by atoms with Crippen molar-refractivity contribution in [2.75, 3.05) is 6.61 Å². The van der Waals surface area contributed by atoms with Crippen molar-refractivity contribution in [3.63, 3.8) is 0 Å². The van der Waals surface area contributed by atoms with Crippen LogP contribution in [0.1, 0.15) is 11.1 Å². The van der Waals surface area contributed by atoms with E-state index in [1.807, 2.05) is 31.2 Å². The highest BCUT2D eigenvalue weighted by atomic mass is 79.9. The molecule has 3 rings (SSSR count). The SMILES string of the molecule is Cc1cc(=O)oc2cc(OCC(=O)N/N=C/c3ccccc3Br)ccc12.